The van der Waals surface area contributed by atoms with Crippen molar-refractivity contribution < 1.29 is 14.6 Å². The number of ether oxygens (including phenoxy) is 1. The summed E-state index contributed by atoms with van der Waals surface area (Å²) in [6, 6.07) is 23.1. The van der Waals surface area contributed by atoms with Crippen LogP contribution in [0.5, 0.6) is 11.5 Å². The van der Waals surface area contributed by atoms with Gasteiger partial charge in [-0.05, 0) is 12.1 Å². The number of Topliss-reactive ketones (excluding diaryl/α,β-unsaturated/α-hetero) is 1. The van der Waals surface area contributed by atoms with Crippen LogP contribution in [-0.2, 0) is 0 Å². The second-order valence-electron chi connectivity index (χ2n) is 5.65. The Kier molecular flexibility index (Phi) is 5.74. The number of hydrogen-bond acceptors (Lipinski definition) is 5. The summed E-state index contributed by atoms with van der Waals surface area (Å²) in [7, 11) is 1.47. The maximum atomic E-state index is 12.9. The van der Waals surface area contributed by atoms with Crippen molar-refractivity contribution in [2.24, 2.45) is 10.2 Å². The van der Waals surface area contributed by atoms with Crippen molar-refractivity contribution in [2.45, 2.75) is 0 Å². The number of rotatable bonds is 6. The van der Waals surface area contributed by atoms with Crippen LogP contribution in [0.1, 0.15) is 21.5 Å². The number of methoxy groups -OCH3 is 1. The van der Waals surface area contributed by atoms with Crippen molar-refractivity contribution in [3.8, 4) is 11.5 Å². The minimum Gasteiger partial charge on any atom is -0.504 e. The lowest BCUT2D eigenvalue weighted by Crippen LogP contribution is -2.15. The van der Waals surface area contributed by atoms with Crippen molar-refractivity contribution >= 4 is 17.7 Å². The van der Waals surface area contributed by atoms with E-state index in [0.29, 0.717) is 22.4 Å². The van der Waals surface area contributed by atoms with Crippen molar-refractivity contribution in [1.82, 2.24) is 0 Å². The van der Waals surface area contributed by atoms with Gasteiger partial charge in [0.15, 0.2) is 11.5 Å². The van der Waals surface area contributed by atoms with Gasteiger partial charge in [-0.3, -0.25) is 4.79 Å². The molecular formula is C22H18N2O3. The molecule has 1 N–H and O–H groups in total. The molecule has 0 aromatic heterocycles. The number of para-hydroxylation sites is 1. The third kappa shape index (κ3) is 4.27. The highest BCUT2D eigenvalue weighted by Crippen LogP contribution is 2.28. The molecule has 0 fully saturated rings. The molecule has 0 amide bonds. The first-order valence-corrected chi connectivity index (χ1v) is 8.33. The number of carbonyl (C=O) groups is 1. The summed E-state index contributed by atoms with van der Waals surface area (Å²) in [5, 5.41) is 18.3. The Morgan fingerprint density at radius 2 is 1.52 bits per heavy atom. The van der Waals surface area contributed by atoms with Crippen LogP contribution < -0.4 is 4.74 Å². The van der Waals surface area contributed by atoms with Crippen LogP contribution in [-0.4, -0.2) is 29.9 Å². The Bertz CT molecular complexity index is 981. The van der Waals surface area contributed by atoms with Crippen molar-refractivity contribution in [1.29, 1.82) is 0 Å². The summed E-state index contributed by atoms with van der Waals surface area (Å²) in [6.45, 7) is 0. The van der Waals surface area contributed by atoms with Crippen LogP contribution in [0, 0.1) is 0 Å². The van der Waals surface area contributed by atoms with Gasteiger partial charge in [0.05, 0.1) is 13.3 Å². The number of hydrogen-bond donors (Lipinski definition) is 1. The number of nitrogens with zero attached hydrogens (tertiary/aromatic N) is 2. The van der Waals surface area contributed by atoms with Gasteiger partial charge in [-0.2, -0.15) is 5.10 Å². The topological polar surface area (TPSA) is 71.2 Å². The molecule has 134 valence electrons. The second-order valence-corrected chi connectivity index (χ2v) is 5.65. The molecule has 0 unspecified atom stereocenters. The van der Waals surface area contributed by atoms with Gasteiger partial charge in [-0.25, -0.2) is 0 Å². The molecule has 0 aliphatic rings. The molecule has 3 aromatic carbocycles. The molecule has 3 aromatic rings. The van der Waals surface area contributed by atoms with Crippen molar-refractivity contribution in [3.05, 3.63) is 95.6 Å². The zero-order valence-corrected chi connectivity index (χ0v) is 14.7. The van der Waals surface area contributed by atoms with Crippen molar-refractivity contribution in [3.63, 3.8) is 0 Å². The van der Waals surface area contributed by atoms with Gasteiger partial charge in [0.1, 0.15) is 5.71 Å². The zero-order valence-electron chi connectivity index (χ0n) is 14.7. The number of ketones is 1. The first-order chi connectivity index (χ1) is 13.2. The molecular weight excluding hydrogens is 340 g/mol. The molecule has 0 bridgehead atoms. The lowest BCUT2D eigenvalue weighted by molar-refractivity contribution is 0.106. The predicted octanol–water partition coefficient (Wildman–Crippen LogP) is 4.11. The first kappa shape index (κ1) is 18.1. The number of phenols is 1. The predicted molar refractivity (Wildman–Crippen MR) is 106 cm³/mol. The number of carbonyl (C=O) groups excluding carboxylic acids is 1. The van der Waals surface area contributed by atoms with E-state index in [1.165, 1.54) is 13.3 Å². The maximum absolute atomic E-state index is 12.9. The SMILES string of the molecule is COc1cccc(/C=N/N=C(/C(=O)c2ccccc2)c2ccccc2)c1O. The molecule has 0 saturated carbocycles. The highest BCUT2D eigenvalue weighted by Gasteiger charge is 2.16. The molecule has 5 nitrogen and oxygen atoms in total. The van der Waals surface area contributed by atoms with Gasteiger partial charge in [0, 0.05) is 16.7 Å². The highest BCUT2D eigenvalue weighted by molar-refractivity contribution is 6.51. The number of aromatic hydroxyl groups is 1. The quantitative estimate of drug-likeness (QED) is 0.409. The summed E-state index contributed by atoms with van der Waals surface area (Å²) in [5.41, 5.74) is 1.86. The molecule has 0 atom stereocenters. The van der Waals surface area contributed by atoms with Crippen LogP contribution in [0.3, 0.4) is 0 Å². The van der Waals surface area contributed by atoms with E-state index in [2.05, 4.69) is 10.2 Å². The Morgan fingerprint density at radius 3 is 2.15 bits per heavy atom. The fourth-order valence-corrected chi connectivity index (χ4v) is 2.51. The minimum atomic E-state index is -0.228. The van der Waals surface area contributed by atoms with E-state index in [4.69, 9.17) is 4.74 Å². The largest absolute Gasteiger partial charge is 0.504 e. The average Bonchev–Trinajstić information content (AvgIpc) is 2.73. The summed E-state index contributed by atoms with van der Waals surface area (Å²) >= 11 is 0. The summed E-state index contributed by atoms with van der Waals surface area (Å²) in [4.78, 5) is 12.9. The van der Waals surface area contributed by atoms with E-state index in [0.717, 1.165) is 0 Å². The van der Waals surface area contributed by atoms with Crippen molar-refractivity contribution in [2.75, 3.05) is 7.11 Å². The van der Waals surface area contributed by atoms with E-state index in [9.17, 15) is 9.90 Å². The van der Waals surface area contributed by atoms with Gasteiger partial charge in [-0.1, -0.05) is 66.7 Å². The third-order valence-electron chi connectivity index (χ3n) is 3.90. The Balaban J connectivity index is 1.97. The third-order valence-corrected chi connectivity index (χ3v) is 3.90. The minimum absolute atomic E-state index is 0.0328. The van der Waals surface area contributed by atoms with Gasteiger partial charge in [0.2, 0.25) is 5.78 Å². The van der Waals surface area contributed by atoms with Gasteiger partial charge >= 0.3 is 0 Å². The molecule has 0 saturated heterocycles. The smallest absolute Gasteiger partial charge is 0.213 e. The average molecular weight is 358 g/mol. The first-order valence-electron chi connectivity index (χ1n) is 8.33. The standard InChI is InChI=1S/C22H18N2O3/c1-27-19-14-8-13-18(21(19)25)15-23-24-20(16-9-4-2-5-10-16)22(26)17-11-6-3-7-12-17/h2-15,25H,1H3/b23-15+,24-20+. The van der Waals surface area contributed by atoms with E-state index < -0.39 is 0 Å². The lowest BCUT2D eigenvalue weighted by atomic mass is 10.0. The molecule has 5 heteroatoms. The van der Waals surface area contributed by atoms with Crippen LogP contribution in [0.15, 0.2) is 89.1 Å². The van der Waals surface area contributed by atoms with Gasteiger partial charge in [0.25, 0.3) is 0 Å². The summed E-state index contributed by atoms with van der Waals surface area (Å²) < 4.78 is 5.08. The van der Waals surface area contributed by atoms with E-state index in [1.54, 1.807) is 54.6 Å². The maximum Gasteiger partial charge on any atom is 0.213 e. The van der Waals surface area contributed by atoms with E-state index in [-0.39, 0.29) is 17.2 Å². The van der Waals surface area contributed by atoms with Crippen LogP contribution in [0.25, 0.3) is 0 Å². The normalized spacial score (nSPS) is 11.5. The van der Waals surface area contributed by atoms with E-state index >= 15 is 0 Å². The Morgan fingerprint density at radius 1 is 0.889 bits per heavy atom. The molecule has 3 rings (SSSR count). The molecule has 0 spiro atoms. The van der Waals surface area contributed by atoms with Gasteiger partial charge < -0.3 is 9.84 Å². The number of benzene rings is 3. The van der Waals surface area contributed by atoms with Crippen LogP contribution in [0.4, 0.5) is 0 Å². The Hall–Kier alpha value is -3.73. The second kappa shape index (κ2) is 8.58. The molecule has 0 radical (unpaired) electrons. The van der Waals surface area contributed by atoms with Gasteiger partial charge in [-0.15, -0.1) is 5.10 Å². The van der Waals surface area contributed by atoms with Crippen LogP contribution in [0.2, 0.25) is 0 Å². The molecule has 0 aliphatic carbocycles. The van der Waals surface area contributed by atoms with E-state index in [1.807, 2.05) is 24.3 Å². The number of phenolic OH excluding ortho intramolecular Hbond substituents is 1. The van der Waals surface area contributed by atoms with Crippen LogP contribution >= 0.6 is 0 Å². The Labute approximate surface area is 157 Å². The highest BCUT2D eigenvalue weighted by atomic mass is 16.5. The molecule has 0 aliphatic heterocycles. The molecule has 27 heavy (non-hydrogen) atoms. The summed E-state index contributed by atoms with van der Waals surface area (Å²) in [6.07, 6.45) is 1.39. The summed E-state index contributed by atoms with van der Waals surface area (Å²) in [5.74, 6) is 0.0787. The lowest BCUT2D eigenvalue weighted by Gasteiger charge is -2.05. The molecule has 0 heterocycles. The monoisotopic (exact) mass is 358 g/mol. The fraction of sp³-hybridized carbons (Fsp3) is 0.0455. The zero-order chi connectivity index (χ0) is 19.1. The fourth-order valence-electron chi connectivity index (χ4n) is 2.51.